The van der Waals surface area contributed by atoms with Crippen LogP contribution in [-0.2, 0) is 25.7 Å². The molecule has 5 atom stereocenters. The number of amides is 1. The zero-order valence-electron chi connectivity index (χ0n) is 16.4. The molecule has 3 aliphatic rings. The van der Waals surface area contributed by atoms with Crippen LogP contribution < -0.4 is 0 Å². The lowest BCUT2D eigenvalue weighted by atomic mass is 9.55. The Labute approximate surface area is 168 Å². The molecule has 0 saturated heterocycles. The van der Waals surface area contributed by atoms with Gasteiger partial charge < -0.3 is 0 Å². The number of hydrogen-bond acceptors (Lipinski definition) is 3. The number of benzene rings is 1. The van der Waals surface area contributed by atoms with Crippen molar-refractivity contribution in [1.29, 1.82) is 0 Å². The highest BCUT2D eigenvalue weighted by atomic mass is 32.2. The molecule has 2 saturated carbocycles. The maximum absolute atomic E-state index is 12.7. The molecular weight excluding hydrogens is 403 g/mol. The zero-order chi connectivity index (χ0) is 21.2. The number of nitrogens with zero attached hydrogens (tertiary/aromatic N) is 1. The van der Waals surface area contributed by atoms with Crippen molar-refractivity contribution >= 4 is 21.4 Å². The van der Waals surface area contributed by atoms with Crippen molar-refractivity contribution < 1.29 is 27.0 Å². The lowest BCUT2D eigenvalue weighted by Crippen LogP contribution is -2.42. The molecular formula is C21H24F3NO3S. The van der Waals surface area contributed by atoms with Crippen LogP contribution in [0.2, 0.25) is 0 Å². The third-order valence-corrected chi connectivity index (χ3v) is 8.99. The van der Waals surface area contributed by atoms with Crippen LogP contribution in [0, 0.1) is 17.3 Å². The minimum Gasteiger partial charge on any atom is -0.299 e. The van der Waals surface area contributed by atoms with Crippen molar-refractivity contribution in [1.82, 2.24) is 0 Å². The summed E-state index contributed by atoms with van der Waals surface area (Å²) in [7, 11) is -3.48. The molecule has 0 heterocycles. The van der Waals surface area contributed by atoms with Crippen LogP contribution >= 0.6 is 0 Å². The Morgan fingerprint density at radius 2 is 1.93 bits per heavy atom. The summed E-state index contributed by atoms with van der Waals surface area (Å²) < 4.78 is 53.3. The van der Waals surface area contributed by atoms with E-state index in [-0.39, 0.29) is 10.3 Å². The van der Waals surface area contributed by atoms with Gasteiger partial charge in [0, 0.05) is 23.0 Å². The lowest BCUT2D eigenvalue weighted by Gasteiger charge is -2.48. The van der Waals surface area contributed by atoms with Crippen LogP contribution in [0.1, 0.15) is 56.1 Å². The van der Waals surface area contributed by atoms with E-state index in [0.29, 0.717) is 30.0 Å². The number of alkyl halides is 3. The summed E-state index contributed by atoms with van der Waals surface area (Å²) in [6, 6.07) is 5.05. The quantitative estimate of drug-likeness (QED) is 0.655. The summed E-state index contributed by atoms with van der Waals surface area (Å²) in [6.07, 6.45) is 0.945. The number of carbonyl (C=O) groups is 2. The normalized spacial score (nSPS) is 33.3. The number of hydrogen-bond donors (Lipinski definition) is 0. The smallest absolute Gasteiger partial charge is 0.299 e. The van der Waals surface area contributed by atoms with Gasteiger partial charge in [-0.05, 0) is 73.1 Å². The fraction of sp³-hybridized carbons (Fsp3) is 0.619. The summed E-state index contributed by atoms with van der Waals surface area (Å²) in [5.41, 5.74) is 1.90. The molecule has 4 nitrogen and oxygen atoms in total. The van der Waals surface area contributed by atoms with E-state index in [2.05, 4.69) is 11.3 Å². The standard InChI is InChI=1S/C21H24F3NO3S/c1-20-10-9-15-14-6-4-13(29(2,28)25-19(27)21(22,23)24)11-12(14)3-5-16(15)17(20)7-8-18(20)26/h4,6,11,15-17H,3,5,7-10H2,1-2H3/t15-,16-,17+,20+,29?/m1/s1. The van der Waals surface area contributed by atoms with Gasteiger partial charge in [0.15, 0.2) is 0 Å². The van der Waals surface area contributed by atoms with Gasteiger partial charge in [-0.15, -0.1) is 4.36 Å². The highest BCUT2D eigenvalue weighted by molar-refractivity contribution is 7.93. The Kier molecular flexibility index (Phi) is 4.72. The molecule has 4 rings (SSSR count). The Morgan fingerprint density at radius 1 is 1.21 bits per heavy atom. The average Bonchev–Trinajstić information content (AvgIpc) is 2.95. The van der Waals surface area contributed by atoms with E-state index in [1.54, 1.807) is 12.1 Å². The number of ketones is 1. The molecule has 0 spiro atoms. The molecule has 0 radical (unpaired) electrons. The summed E-state index contributed by atoms with van der Waals surface area (Å²) in [4.78, 5) is 23.8. The number of carbonyl (C=O) groups excluding carboxylic acids is 2. The molecule has 1 aromatic carbocycles. The summed E-state index contributed by atoms with van der Waals surface area (Å²) in [5.74, 6) is -0.806. The number of fused-ring (bicyclic) bond motifs is 5. The first kappa shape index (κ1) is 20.6. The fourth-order valence-corrected chi connectivity index (χ4v) is 7.03. The van der Waals surface area contributed by atoms with Crippen LogP contribution in [0.25, 0.3) is 0 Å². The SMILES string of the molecule is C[C@]12CC[C@@H]3c4ccc(S(C)(=O)=NC(=O)C(F)(F)F)cc4CC[C@H]3[C@@H]1CCC2=O. The van der Waals surface area contributed by atoms with Gasteiger partial charge in [-0.2, -0.15) is 13.2 Å². The Balaban J connectivity index is 1.66. The maximum atomic E-state index is 12.7. The number of halogens is 3. The highest BCUT2D eigenvalue weighted by Gasteiger charge is 2.54. The van der Waals surface area contributed by atoms with E-state index in [0.717, 1.165) is 49.5 Å². The first-order chi connectivity index (χ1) is 13.4. The topological polar surface area (TPSA) is 63.6 Å². The Hall–Kier alpha value is -1.70. The Bertz CT molecular complexity index is 1010. The molecule has 158 valence electrons. The van der Waals surface area contributed by atoms with E-state index in [1.165, 1.54) is 0 Å². The first-order valence-corrected chi connectivity index (χ1v) is 11.9. The van der Waals surface area contributed by atoms with E-state index >= 15 is 0 Å². The third kappa shape index (κ3) is 3.33. The molecule has 8 heteroatoms. The van der Waals surface area contributed by atoms with Gasteiger partial charge in [-0.3, -0.25) is 9.59 Å². The number of Topliss-reactive ketones (excluding diaryl/α,β-unsaturated/α-hetero) is 1. The van der Waals surface area contributed by atoms with Crippen LogP contribution in [0.15, 0.2) is 27.5 Å². The molecule has 0 aliphatic heterocycles. The molecule has 0 bridgehead atoms. The maximum Gasteiger partial charge on any atom is 0.474 e. The fourth-order valence-electron chi connectivity index (χ4n) is 5.83. The summed E-state index contributed by atoms with van der Waals surface area (Å²) >= 11 is 0. The Morgan fingerprint density at radius 3 is 2.62 bits per heavy atom. The molecule has 3 aliphatic carbocycles. The minimum absolute atomic E-state index is 0.156. The van der Waals surface area contributed by atoms with Gasteiger partial charge in [0.1, 0.15) is 5.78 Å². The molecule has 2 fully saturated rings. The molecule has 0 N–H and O–H groups in total. The van der Waals surface area contributed by atoms with Crippen LogP contribution in [-0.4, -0.2) is 28.3 Å². The summed E-state index contributed by atoms with van der Waals surface area (Å²) in [5, 5.41) is 0. The molecule has 1 aromatic rings. The second-order valence-corrected chi connectivity index (χ2v) is 11.1. The average molecular weight is 427 g/mol. The van der Waals surface area contributed by atoms with Gasteiger partial charge in [0.2, 0.25) is 0 Å². The number of aryl methyl sites for hydroxylation is 1. The highest BCUT2D eigenvalue weighted by Crippen LogP contribution is 2.59. The van der Waals surface area contributed by atoms with Gasteiger partial charge in [-0.25, -0.2) is 4.21 Å². The van der Waals surface area contributed by atoms with Crippen molar-refractivity contribution in [3.05, 3.63) is 29.3 Å². The molecule has 29 heavy (non-hydrogen) atoms. The molecule has 1 amide bonds. The predicted octanol–water partition coefficient (Wildman–Crippen LogP) is 4.66. The first-order valence-electron chi connectivity index (χ1n) is 9.93. The van der Waals surface area contributed by atoms with Crippen molar-refractivity contribution in [2.75, 3.05) is 6.26 Å². The van der Waals surface area contributed by atoms with E-state index in [9.17, 15) is 27.0 Å². The largest absolute Gasteiger partial charge is 0.474 e. The van der Waals surface area contributed by atoms with Gasteiger partial charge in [0.25, 0.3) is 0 Å². The second-order valence-electron chi connectivity index (χ2n) is 8.89. The van der Waals surface area contributed by atoms with Crippen molar-refractivity contribution in [2.24, 2.45) is 21.6 Å². The number of rotatable bonds is 1. The van der Waals surface area contributed by atoms with Gasteiger partial charge >= 0.3 is 12.1 Å². The monoisotopic (exact) mass is 427 g/mol. The molecule has 0 aromatic heterocycles. The predicted molar refractivity (Wildman–Crippen MR) is 102 cm³/mol. The van der Waals surface area contributed by atoms with Crippen LogP contribution in [0.4, 0.5) is 13.2 Å². The summed E-state index contributed by atoms with van der Waals surface area (Å²) in [6.45, 7) is 2.10. The van der Waals surface area contributed by atoms with E-state index in [4.69, 9.17) is 0 Å². The van der Waals surface area contributed by atoms with Crippen LogP contribution in [0.3, 0.4) is 0 Å². The van der Waals surface area contributed by atoms with E-state index in [1.807, 2.05) is 6.07 Å². The van der Waals surface area contributed by atoms with Gasteiger partial charge in [0.05, 0.1) is 9.73 Å². The zero-order valence-corrected chi connectivity index (χ0v) is 17.2. The minimum atomic E-state index is -5.13. The van der Waals surface area contributed by atoms with Crippen LogP contribution in [0.5, 0.6) is 0 Å². The second kappa shape index (κ2) is 6.65. The van der Waals surface area contributed by atoms with Crippen molar-refractivity contribution in [3.63, 3.8) is 0 Å². The lowest BCUT2D eigenvalue weighted by molar-refractivity contribution is -0.169. The molecule has 1 unspecified atom stereocenters. The van der Waals surface area contributed by atoms with Crippen molar-refractivity contribution in [2.45, 2.75) is 62.4 Å². The van der Waals surface area contributed by atoms with Gasteiger partial charge in [-0.1, -0.05) is 13.0 Å². The van der Waals surface area contributed by atoms with Crippen molar-refractivity contribution in [3.8, 4) is 0 Å². The van der Waals surface area contributed by atoms with E-state index < -0.39 is 21.8 Å². The third-order valence-electron chi connectivity index (χ3n) is 7.34.